The van der Waals surface area contributed by atoms with Crippen LogP contribution in [0.5, 0.6) is 0 Å². The minimum atomic E-state index is -0.307. The number of nitrogens with zero attached hydrogens (tertiary/aromatic N) is 1. The third-order valence-electron chi connectivity index (χ3n) is 4.59. The second-order valence-corrected chi connectivity index (χ2v) is 6.13. The van der Waals surface area contributed by atoms with Gasteiger partial charge in [-0.15, -0.1) is 24.8 Å². The van der Waals surface area contributed by atoms with Gasteiger partial charge in [-0.05, 0) is 19.8 Å². The lowest BCUT2D eigenvalue weighted by molar-refractivity contribution is -0.123. The number of amides is 1. The van der Waals surface area contributed by atoms with Gasteiger partial charge in [-0.3, -0.25) is 4.79 Å². The number of hydrogen-bond acceptors (Lipinski definition) is 4. The van der Waals surface area contributed by atoms with E-state index in [1.54, 1.807) is 0 Å². The fourth-order valence-electron chi connectivity index (χ4n) is 2.76. The molecule has 26 heavy (non-hydrogen) atoms. The van der Waals surface area contributed by atoms with E-state index >= 15 is 0 Å². The molecule has 0 unspecified atom stereocenters. The van der Waals surface area contributed by atoms with Crippen LogP contribution in [0.3, 0.4) is 0 Å². The van der Waals surface area contributed by atoms with E-state index in [9.17, 15) is 4.79 Å². The third kappa shape index (κ3) is 6.01. The summed E-state index contributed by atoms with van der Waals surface area (Å²) in [6.07, 6.45) is 2.47. The number of aryl methyl sites for hydroxylation is 2. The third-order valence-corrected chi connectivity index (χ3v) is 4.59. The molecule has 1 amide bonds. The molecule has 2 aromatic rings. The SMILES string of the molecule is CCC(CC)(CN)NC(=O)CCc1nc(C)c(-c2ccccc2)o1.Cl.Cl. The van der Waals surface area contributed by atoms with Gasteiger partial charge in [-0.2, -0.15) is 0 Å². The molecule has 7 heteroatoms. The van der Waals surface area contributed by atoms with Crippen molar-refractivity contribution in [3.05, 3.63) is 41.9 Å². The molecule has 5 nitrogen and oxygen atoms in total. The molecule has 0 saturated heterocycles. The minimum absolute atomic E-state index is 0. The van der Waals surface area contributed by atoms with Gasteiger partial charge in [-0.25, -0.2) is 4.98 Å². The number of benzene rings is 1. The maximum atomic E-state index is 12.2. The predicted octanol–water partition coefficient (Wildman–Crippen LogP) is 4.06. The molecule has 1 aromatic carbocycles. The van der Waals surface area contributed by atoms with E-state index in [-0.39, 0.29) is 36.3 Å². The topological polar surface area (TPSA) is 81.1 Å². The highest BCUT2D eigenvalue weighted by atomic mass is 35.5. The van der Waals surface area contributed by atoms with Crippen molar-refractivity contribution in [2.45, 2.75) is 52.0 Å². The van der Waals surface area contributed by atoms with Crippen molar-refractivity contribution < 1.29 is 9.21 Å². The largest absolute Gasteiger partial charge is 0.440 e. The monoisotopic (exact) mass is 401 g/mol. The Morgan fingerprint density at radius 2 is 1.81 bits per heavy atom. The molecule has 0 saturated carbocycles. The Balaban J connectivity index is 0.00000312. The summed E-state index contributed by atoms with van der Waals surface area (Å²) in [4.78, 5) is 16.7. The highest BCUT2D eigenvalue weighted by Crippen LogP contribution is 2.24. The lowest BCUT2D eigenvalue weighted by Crippen LogP contribution is -2.52. The quantitative estimate of drug-likeness (QED) is 0.698. The predicted molar refractivity (Wildman–Crippen MR) is 110 cm³/mol. The first-order valence-corrected chi connectivity index (χ1v) is 8.56. The molecule has 0 radical (unpaired) electrons. The summed E-state index contributed by atoms with van der Waals surface area (Å²) < 4.78 is 5.84. The van der Waals surface area contributed by atoms with Gasteiger partial charge in [0.15, 0.2) is 11.7 Å². The molecule has 0 spiro atoms. The normalized spacial score (nSPS) is 10.6. The first kappa shape index (κ1) is 24.4. The Morgan fingerprint density at radius 1 is 1.19 bits per heavy atom. The van der Waals surface area contributed by atoms with Crippen LogP contribution < -0.4 is 11.1 Å². The van der Waals surface area contributed by atoms with Gasteiger partial charge >= 0.3 is 0 Å². The van der Waals surface area contributed by atoms with E-state index in [4.69, 9.17) is 10.2 Å². The van der Waals surface area contributed by atoms with Gasteiger partial charge < -0.3 is 15.5 Å². The van der Waals surface area contributed by atoms with Crippen LogP contribution in [-0.4, -0.2) is 23.0 Å². The van der Waals surface area contributed by atoms with Gasteiger partial charge in [0, 0.05) is 24.9 Å². The van der Waals surface area contributed by atoms with Crippen LogP contribution in [0.25, 0.3) is 11.3 Å². The molecule has 0 aliphatic heterocycles. The van der Waals surface area contributed by atoms with Crippen molar-refractivity contribution in [1.82, 2.24) is 10.3 Å². The average Bonchev–Trinajstić information content (AvgIpc) is 2.99. The summed E-state index contributed by atoms with van der Waals surface area (Å²) in [5.74, 6) is 1.35. The molecule has 0 bridgehead atoms. The Kier molecular flexibility index (Phi) is 10.5. The number of oxazole rings is 1. The molecular weight excluding hydrogens is 373 g/mol. The van der Waals surface area contributed by atoms with Crippen LogP contribution in [0.1, 0.15) is 44.7 Å². The standard InChI is InChI=1S/C19H27N3O2.2ClH/c1-4-19(5-2,13-20)22-16(23)11-12-17-21-14(3)18(24-17)15-9-7-6-8-10-15;;/h6-10H,4-5,11-13,20H2,1-3H3,(H,22,23);2*1H. The van der Waals surface area contributed by atoms with E-state index in [1.165, 1.54) is 0 Å². The summed E-state index contributed by atoms with van der Waals surface area (Å²) in [6.45, 7) is 6.45. The average molecular weight is 402 g/mol. The minimum Gasteiger partial charge on any atom is -0.440 e. The second-order valence-electron chi connectivity index (χ2n) is 6.13. The maximum Gasteiger partial charge on any atom is 0.220 e. The molecule has 1 heterocycles. The van der Waals surface area contributed by atoms with Gasteiger partial charge in [0.05, 0.1) is 11.2 Å². The van der Waals surface area contributed by atoms with Crippen LogP contribution in [0.15, 0.2) is 34.7 Å². The Labute approximate surface area is 168 Å². The Morgan fingerprint density at radius 3 is 2.35 bits per heavy atom. The molecule has 0 aliphatic carbocycles. The first-order chi connectivity index (χ1) is 11.5. The number of nitrogens with one attached hydrogen (secondary N) is 1. The van der Waals surface area contributed by atoms with Gasteiger partial charge in [-0.1, -0.05) is 44.2 Å². The van der Waals surface area contributed by atoms with E-state index in [0.717, 1.165) is 29.9 Å². The summed E-state index contributed by atoms with van der Waals surface area (Å²) in [5, 5.41) is 3.07. The fourth-order valence-corrected chi connectivity index (χ4v) is 2.76. The Hall–Kier alpha value is -1.56. The number of carbonyl (C=O) groups excluding carboxylic acids is 1. The molecule has 2 rings (SSSR count). The molecule has 0 aliphatic rings. The molecule has 0 atom stereocenters. The van der Waals surface area contributed by atoms with Crippen molar-refractivity contribution in [2.75, 3.05) is 6.54 Å². The zero-order chi connectivity index (χ0) is 17.6. The van der Waals surface area contributed by atoms with Crippen molar-refractivity contribution in [3.8, 4) is 11.3 Å². The van der Waals surface area contributed by atoms with Crippen molar-refractivity contribution in [3.63, 3.8) is 0 Å². The van der Waals surface area contributed by atoms with E-state index in [1.807, 2.05) is 51.1 Å². The number of carbonyl (C=O) groups is 1. The van der Waals surface area contributed by atoms with Crippen LogP contribution in [0, 0.1) is 6.92 Å². The van der Waals surface area contributed by atoms with Gasteiger partial charge in [0.2, 0.25) is 5.91 Å². The van der Waals surface area contributed by atoms with Gasteiger partial charge in [0.1, 0.15) is 0 Å². The molecular formula is C19H29Cl2N3O2. The number of nitrogens with two attached hydrogens (primary N) is 1. The van der Waals surface area contributed by atoms with Crippen LogP contribution in [0.4, 0.5) is 0 Å². The zero-order valence-electron chi connectivity index (χ0n) is 15.6. The number of rotatable bonds is 8. The van der Waals surface area contributed by atoms with E-state index < -0.39 is 0 Å². The van der Waals surface area contributed by atoms with Crippen molar-refractivity contribution in [1.29, 1.82) is 0 Å². The Bertz CT molecular complexity index is 662. The van der Waals surface area contributed by atoms with Crippen molar-refractivity contribution >= 4 is 30.7 Å². The summed E-state index contributed by atoms with van der Waals surface area (Å²) >= 11 is 0. The first-order valence-electron chi connectivity index (χ1n) is 8.56. The maximum absolute atomic E-state index is 12.2. The summed E-state index contributed by atoms with van der Waals surface area (Å²) in [6, 6.07) is 9.87. The summed E-state index contributed by atoms with van der Waals surface area (Å²) in [7, 11) is 0. The zero-order valence-corrected chi connectivity index (χ0v) is 17.2. The highest BCUT2D eigenvalue weighted by molar-refractivity contribution is 5.85. The number of hydrogen-bond donors (Lipinski definition) is 2. The number of halogens is 2. The van der Waals surface area contributed by atoms with Gasteiger partial charge in [0.25, 0.3) is 0 Å². The summed E-state index contributed by atoms with van der Waals surface area (Å²) in [5.41, 5.74) is 7.36. The molecule has 1 aromatic heterocycles. The van der Waals surface area contributed by atoms with Crippen molar-refractivity contribution in [2.24, 2.45) is 5.73 Å². The highest BCUT2D eigenvalue weighted by Gasteiger charge is 2.26. The van der Waals surface area contributed by atoms with Crippen LogP contribution >= 0.6 is 24.8 Å². The van der Waals surface area contributed by atoms with E-state index in [0.29, 0.717) is 25.3 Å². The van der Waals surface area contributed by atoms with E-state index in [2.05, 4.69) is 10.3 Å². The lowest BCUT2D eigenvalue weighted by Gasteiger charge is -2.31. The molecule has 0 fully saturated rings. The smallest absolute Gasteiger partial charge is 0.220 e. The fraction of sp³-hybridized carbons (Fsp3) is 0.474. The molecule has 146 valence electrons. The van der Waals surface area contributed by atoms with Crippen LogP contribution in [-0.2, 0) is 11.2 Å². The van der Waals surface area contributed by atoms with Crippen LogP contribution in [0.2, 0.25) is 0 Å². The lowest BCUT2D eigenvalue weighted by atomic mass is 9.92. The number of aromatic nitrogens is 1. The second kappa shape index (κ2) is 11.2. The molecule has 3 N–H and O–H groups in total.